The molecule has 1 atom stereocenters. The van der Waals surface area contributed by atoms with Crippen LogP contribution in [0.4, 0.5) is 13.2 Å². The SMILES string of the molecule is CCOC(CC)c1nc(C(F)(F)F)c(CNCC(C)C)s1. The maximum Gasteiger partial charge on any atom is 0.434 e. The summed E-state index contributed by atoms with van der Waals surface area (Å²) in [7, 11) is 0. The summed E-state index contributed by atoms with van der Waals surface area (Å²) in [6.45, 7) is 9.05. The van der Waals surface area contributed by atoms with Crippen molar-refractivity contribution in [1.29, 1.82) is 0 Å². The van der Waals surface area contributed by atoms with Gasteiger partial charge in [0.25, 0.3) is 0 Å². The first-order valence-electron chi connectivity index (χ1n) is 7.18. The van der Waals surface area contributed by atoms with E-state index in [4.69, 9.17) is 4.74 Å². The Bertz CT molecular complexity index is 432. The van der Waals surface area contributed by atoms with Gasteiger partial charge in [-0.25, -0.2) is 4.98 Å². The lowest BCUT2D eigenvalue weighted by atomic mass is 10.2. The molecule has 0 aliphatic heterocycles. The molecule has 1 aromatic heterocycles. The van der Waals surface area contributed by atoms with Crippen LogP contribution in [0.3, 0.4) is 0 Å². The Balaban J connectivity index is 2.95. The first-order valence-corrected chi connectivity index (χ1v) is 8.00. The highest BCUT2D eigenvalue weighted by Crippen LogP contribution is 2.37. The van der Waals surface area contributed by atoms with Gasteiger partial charge in [0.2, 0.25) is 0 Å². The minimum atomic E-state index is -4.42. The average molecular weight is 324 g/mol. The van der Waals surface area contributed by atoms with Crippen LogP contribution in [0.1, 0.15) is 55.8 Å². The molecule has 1 unspecified atom stereocenters. The third-order valence-electron chi connectivity index (χ3n) is 2.83. The van der Waals surface area contributed by atoms with Crippen LogP contribution in [-0.4, -0.2) is 18.1 Å². The van der Waals surface area contributed by atoms with Crippen LogP contribution < -0.4 is 5.32 Å². The van der Waals surface area contributed by atoms with Crippen molar-refractivity contribution in [2.45, 2.75) is 52.9 Å². The second-order valence-corrected chi connectivity index (χ2v) is 6.31. The second-order valence-electron chi connectivity index (χ2n) is 5.20. The van der Waals surface area contributed by atoms with Crippen molar-refractivity contribution in [3.8, 4) is 0 Å². The van der Waals surface area contributed by atoms with Crippen molar-refractivity contribution in [2.24, 2.45) is 5.92 Å². The molecular weight excluding hydrogens is 301 g/mol. The number of ether oxygens (including phenoxy) is 1. The highest BCUT2D eigenvalue weighted by Gasteiger charge is 2.38. The lowest BCUT2D eigenvalue weighted by Crippen LogP contribution is -2.20. The van der Waals surface area contributed by atoms with Gasteiger partial charge in [-0.2, -0.15) is 13.2 Å². The van der Waals surface area contributed by atoms with E-state index in [0.29, 0.717) is 30.5 Å². The zero-order valence-corrected chi connectivity index (χ0v) is 13.7. The fraction of sp³-hybridized carbons (Fsp3) is 0.786. The Kier molecular flexibility index (Phi) is 7.09. The number of rotatable bonds is 8. The second kappa shape index (κ2) is 8.10. The van der Waals surface area contributed by atoms with Crippen LogP contribution in [-0.2, 0) is 17.5 Å². The highest BCUT2D eigenvalue weighted by molar-refractivity contribution is 7.11. The van der Waals surface area contributed by atoms with Crippen LogP contribution in [0, 0.1) is 5.92 Å². The molecule has 0 aliphatic carbocycles. The molecule has 0 fully saturated rings. The molecule has 0 spiro atoms. The Morgan fingerprint density at radius 3 is 2.43 bits per heavy atom. The minimum Gasteiger partial charge on any atom is -0.371 e. The third kappa shape index (κ3) is 5.56. The van der Waals surface area contributed by atoms with Gasteiger partial charge in [-0.3, -0.25) is 0 Å². The molecule has 0 saturated heterocycles. The molecule has 1 heterocycles. The van der Waals surface area contributed by atoms with E-state index in [9.17, 15) is 13.2 Å². The lowest BCUT2D eigenvalue weighted by molar-refractivity contribution is -0.141. The molecule has 0 aliphatic rings. The van der Waals surface area contributed by atoms with E-state index in [1.54, 1.807) is 0 Å². The first kappa shape index (κ1) is 18.4. The molecule has 0 saturated carbocycles. The zero-order chi connectivity index (χ0) is 16.0. The largest absolute Gasteiger partial charge is 0.434 e. The van der Waals surface area contributed by atoms with Crippen LogP contribution in [0.2, 0.25) is 0 Å². The van der Waals surface area contributed by atoms with Crippen LogP contribution in [0.15, 0.2) is 0 Å². The topological polar surface area (TPSA) is 34.1 Å². The summed E-state index contributed by atoms with van der Waals surface area (Å²) < 4.78 is 44.7. The quantitative estimate of drug-likeness (QED) is 0.770. The van der Waals surface area contributed by atoms with Crippen LogP contribution >= 0.6 is 11.3 Å². The average Bonchev–Trinajstić information content (AvgIpc) is 2.79. The predicted molar refractivity (Wildman–Crippen MR) is 78.3 cm³/mol. The lowest BCUT2D eigenvalue weighted by Gasteiger charge is -2.11. The maximum absolute atomic E-state index is 13.1. The number of alkyl halides is 3. The van der Waals surface area contributed by atoms with Gasteiger partial charge in [0.1, 0.15) is 11.1 Å². The van der Waals surface area contributed by atoms with Gasteiger partial charge in [0.05, 0.1) is 4.88 Å². The van der Waals surface area contributed by atoms with Crippen molar-refractivity contribution in [3.05, 3.63) is 15.6 Å². The fourth-order valence-corrected chi connectivity index (χ4v) is 3.08. The van der Waals surface area contributed by atoms with Crippen molar-refractivity contribution in [1.82, 2.24) is 10.3 Å². The first-order chi connectivity index (χ1) is 9.79. The molecule has 0 bridgehead atoms. The number of thiazole rings is 1. The van der Waals surface area contributed by atoms with E-state index in [2.05, 4.69) is 10.3 Å². The number of hydrogen-bond acceptors (Lipinski definition) is 4. The summed E-state index contributed by atoms with van der Waals surface area (Å²) >= 11 is 1.09. The summed E-state index contributed by atoms with van der Waals surface area (Å²) in [4.78, 5) is 4.03. The number of hydrogen-bond donors (Lipinski definition) is 1. The summed E-state index contributed by atoms with van der Waals surface area (Å²) in [6, 6.07) is 0. The molecule has 0 aromatic carbocycles. The molecule has 7 heteroatoms. The van der Waals surface area contributed by atoms with Gasteiger partial charge >= 0.3 is 6.18 Å². The van der Waals surface area contributed by atoms with E-state index in [0.717, 1.165) is 11.3 Å². The van der Waals surface area contributed by atoms with Gasteiger partial charge in [-0.1, -0.05) is 20.8 Å². The van der Waals surface area contributed by atoms with Crippen LogP contribution in [0.5, 0.6) is 0 Å². The number of aromatic nitrogens is 1. The number of nitrogens with one attached hydrogen (secondary N) is 1. The van der Waals surface area contributed by atoms with Crippen molar-refractivity contribution < 1.29 is 17.9 Å². The maximum atomic E-state index is 13.1. The molecule has 0 radical (unpaired) electrons. The summed E-state index contributed by atoms with van der Waals surface area (Å²) in [5.41, 5.74) is -0.781. The van der Waals surface area contributed by atoms with Crippen molar-refractivity contribution in [3.63, 3.8) is 0 Å². The number of halogens is 3. The van der Waals surface area contributed by atoms with Gasteiger partial charge in [-0.05, 0) is 25.8 Å². The molecule has 1 aromatic rings. The Morgan fingerprint density at radius 1 is 1.29 bits per heavy atom. The van der Waals surface area contributed by atoms with Gasteiger partial charge in [-0.15, -0.1) is 11.3 Å². The summed E-state index contributed by atoms with van der Waals surface area (Å²) in [6.07, 6.45) is -4.18. The highest BCUT2D eigenvalue weighted by atomic mass is 32.1. The normalized spacial score (nSPS) is 13.9. The molecule has 0 amide bonds. The van der Waals surface area contributed by atoms with Crippen molar-refractivity contribution >= 4 is 11.3 Å². The van der Waals surface area contributed by atoms with E-state index in [1.165, 1.54) is 0 Å². The monoisotopic (exact) mass is 324 g/mol. The van der Waals surface area contributed by atoms with Gasteiger partial charge < -0.3 is 10.1 Å². The van der Waals surface area contributed by atoms with Gasteiger partial charge in [0, 0.05) is 13.2 Å². The Hall–Kier alpha value is -0.660. The Morgan fingerprint density at radius 2 is 1.95 bits per heavy atom. The minimum absolute atomic E-state index is 0.188. The molecule has 122 valence electrons. The Labute approximate surface area is 127 Å². The standard InChI is InChI=1S/C14H23F3N2OS/c1-5-10(20-6-2)13-19-12(14(15,16)17)11(21-13)8-18-7-9(3)4/h9-10,18H,5-8H2,1-4H3. The molecule has 1 rings (SSSR count). The number of nitrogens with zero attached hydrogens (tertiary/aromatic N) is 1. The van der Waals surface area contributed by atoms with Crippen molar-refractivity contribution in [2.75, 3.05) is 13.2 Å². The summed E-state index contributed by atoms with van der Waals surface area (Å²) in [5.74, 6) is 0.388. The van der Waals surface area contributed by atoms with E-state index >= 15 is 0 Å². The fourth-order valence-electron chi connectivity index (χ4n) is 1.89. The summed E-state index contributed by atoms with van der Waals surface area (Å²) in [5, 5.41) is 3.46. The van der Waals surface area contributed by atoms with E-state index < -0.39 is 11.9 Å². The zero-order valence-electron chi connectivity index (χ0n) is 12.9. The smallest absolute Gasteiger partial charge is 0.371 e. The van der Waals surface area contributed by atoms with E-state index in [-0.39, 0.29) is 17.5 Å². The van der Waals surface area contributed by atoms with E-state index in [1.807, 2.05) is 27.7 Å². The van der Waals surface area contributed by atoms with Crippen LogP contribution in [0.25, 0.3) is 0 Å². The predicted octanol–water partition coefficient (Wildman–Crippen LogP) is 4.40. The molecule has 21 heavy (non-hydrogen) atoms. The molecule has 3 nitrogen and oxygen atoms in total. The van der Waals surface area contributed by atoms with Gasteiger partial charge in [0.15, 0.2) is 5.69 Å². The molecular formula is C14H23F3N2OS. The third-order valence-corrected chi connectivity index (χ3v) is 3.98. The molecule has 1 N–H and O–H groups in total.